The molecule has 2 N–H and O–H groups in total. The summed E-state index contributed by atoms with van der Waals surface area (Å²) in [6.07, 6.45) is -3.31. The van der Waals surface area contributed by atoms with Gasteiger partial charge in [0.1, 0.15) is 11.2 Å². The van der Waals surface area contributed by atoms with Gasteiger partial charge in [-0.15, -0.1) is 13.2 Å². The Bertz CT molecular complexity index is 736. The van der Waals surface area contributed by atoms with E-state index in [1.54, 1.807) is 6.07 Å². The smallest absolute Gasteiger partial charge is 0.406 e. The van der Waals surface area contributed by atoms with Crippen molar-refractivity contribution in [2.45, 2.75) is 6.36 Å². The first-order valence-corrected chi connectivity index (χ1v) is 6.16. The maximum atomic E-state index is 12.1. The number of pyridine rings is 1. The van der Waals surface area contributed by atoms with Crippen LogP contribution >= 0.6 is 0 Å². The van der Waals surface area contributed by atoms with Crippen molar-refractivity contribution in [1.82, 2.24) is 9.88 Å². The van der Waals surface area contributed by atoms with Gasteiger partial charge in [0.05, 0.1) is 0 Å². The molecule has 1 aromatic carbocycles. The number of benzene rings is 1. The molecule has 0 radical (unpaired) electrons. The van der Waals surface area contributed by atoms with Crippen LogP contribution in [0.2, 0.25) is 0 Å². The summed E-state index contributed by atoms with van der Waals surface area (Å²) >= 11 is 0. The van der Waals surface area contributed by atoms with E-state index >= 15 is 0 Å². The zero-order chi connectivity index (χ0) is 16.3. The molecule has 8 heteroatoms. The lowest BCUT2D eigenvalue weighted by atomic mass is 10.1. The summed E-state index contributed by atoms with van der Waals surface area (Å²) in [5.74, 6) is -0.326. The Labute approximate surface area is 123 Å². The Morgan fingerprint density at radius 2 is 1.73 bits per heavy atom. The summed E-state index contributed by atoms with van der Waals surface area (Å²) < 4.78 is 41.2. The van der Waals surface area contributed by atoms with Crippen LogP contribution in [-0.2, 0) is 0 Å². The third-order valence-electron chi connectivity index (χ3n) is 2.80. The Morgan fingerprint density at radius 1 is 1.14 bits per heavy atom. The summed E-state index contributed by atoms with van der Waals surface area (Å²) in [6, 6.07) is 7.78. The van der Waals surface area contributed by atoms with Crippen LogP contribution in [0, 0.1) is 5.41 Å². The Morgan fingerprint density at radius 3 is 2.27 bits per heavy atom. The molecule has 0 unspecified atom stereocenters. The van der Waals surface area contributed by atoms with Gasteiger partial charge < -0.3 is 10.1 Å². The van der Waals surface area contributed by atoms with Crippen LogP contribution in [0.1, 0.15) is 0 Å². The first-order chi connectivity index (χ1) is 10.3. The number of alkyl halides is 3. The fourth-order valence-electron chi connectivity index (χ4n) is 1.81. The van der Waals surface area contributed by atoms with Crippen LogP contribution in [0.4, 0.5) is 18.0 Å². The molecule has 0 aliphatic heterocycles. The van der Waals surface area contributed by atoms with Gasteiger partial charge in [-0.25, -0.2) is 4.79 Å². The summed E-state index contributed by atoms with van der Waals surface area (Å²) in [4.78, 5) is 11.6. The minimum atomic E-state index is -4.74. The van der Waals surface area contributed by atoms with E-state index in [0.29, 0.717) is 11.1 Å². The summed E-state index contributed by atoms with van der Waals surface area (Å²) in [5, 5.41) is 10.0. The minimum absolute atomic E-state index is 0.0138. The number of halogens is 3. The average molecular weight is 311 g/mol. The molecular formula is C14H12F3N3O2. The van der Waals surface area contributed by atoms with Gasteiger partial charge in [-0.2, -0.15) is 0 Å². The van der Waals surface area contributed by atoms with E-state index < -0.39 is 12.4 Å². The zero-order valence-electron chi connectivity index (χ0n) is 11.4. The number of nitrogens with one attached hydrogen (secondary N) is 2. The van der Waals surface area contributed by atoms with Gasteiger partial charge in [-0.05, 0) is 35.4 Å². The van der Waals surface area contributed by atoms with Crippen molar-refractivity contribution in [2.75, 3.05) is 7.05 Å². The van der Waals surface area contributed by atoms with Crippen LogP contribution in [0.3, 0.4) is 0 Å². The highest BCUT2D eigenvalue weighted by Crippen LogP contribution is 2.26. The monoisotopic (exact) mass is 311 g/mol. The molecule has 1 heterocycles. The Balaban J connectivity index is 2.33. The van der Waals surface area contributed by atoms with E-state index in [9.17, 15) is 18.0 Å². The van der Waals surface area contributed by atoms with Gasteiger partial charge in [0, 0.05) is 13.2 Å². The molecule has 1 aromatic heterocycles. The number of hydrogen-bond donors (Lipinski definition) is 2. The second-order valence-electron chi connectivity index (χ2n) is 4.30. The maximum Gasteiger partial charge on any atom is 0.573 e. The van der Waals surface area contributed by atoms with E-state index in [2.05, 4.69) is 10.1 Å². The number of ether oxygens (including phenoxy) is 1. The van der Waals surface area contributed by atoms with Crippen molar-refractivity contribution >= 4 is 6.03 Å². The predicted molar refractivity (Wildman–Crippen MR) is 72.3 cm³/mol. The molecule has 0 atom stereocenters. The molecule has 0 aliphatic rings. The third-order valence-corrected chi connectivity index (χ3v) is 2.80. The molecule has 1 amide bonds. The third kappa shape index (κ3) is 3.66. The zero-order valence-corrected chi connectivity index (χ0v) is 11.4. The highest BCUT2D eigenvalue weighted by atomic mass is 19.4. The quantitative estimate of drug-likeness (QED) is 0.895. The summed E-state index contributed by atoms with van der Waals surface area (Å²) in [5.41, 5.74) is 1.16. The maximum absolute atomic E-state index is 12.1. The number of carbonyl (C=O) groups is 1. The highest BCUT2D eigenvalue weighted by Gasteiger charge is 2.30. The minimum Gasteiger partial charge on any atom is -0.406 e. The van der Waals surface area contributed by atoms with Crippen LogP contribution < -0.4 is 15.5 Å². The second-order valence-corrected chi connectivity index (χ2v) is 4.30. The average Bonchev–Trinajstić information content (AvgIpc) is 2.46. The van der Waals surface area contributed by atoms with Crippen LogP contribution in [0.15, 0.2) is 42.6 Å². The van der Waals surface area contributed by atoms with E-state index in [1.807, 2.05) is 0 Å². The van der Waals surface area contributed by atoms with Gasteiger partial charge in [-0.3, -0.25) is 9.98 Å². The topological polar surface area (TPSA) is 67.1 Å². The molecule has 5 nitrogen and oxygen atoms in total. The molecule has 0 bridgehead atoms. The highest BCUT2D eigenvalue weighted by molar-refractivity contribution is 5.77. The fraction of sp³-hybridized carbons (Fsp3) is 0.143. The first-order valence-electron chi connectivity index (χ1n) is 6.16. The molecule has 2 rings (SSSR count). The van der Waals surface area contributed by atoms with Crippen LogP contribution in [0.25, 0.3) is 11.1 Å². The van der Waals surface area contributed by atoms with Gasteiger partial charge in [-0.1, -0.05) is 12.1 Å². The van der Waals surface area contributed by atoms with Gasteiger partial charge in [0.15, 0.2) is 0 Å². The normalized spacial score (nSPS) is 11.1. The number of amides is 1. The molecule has 116 valence electrons. The lowest BCUT2D eigenvalue weighted by Crippen LogP contribution is -2.33. The molecule has 22 heavy (non-hydrogen) atoms. The molecule has 0 aliphatic carbocycles. The van der Waals surface area contributed by atoms with Crippen molar-refractivity contribution in [3.05, 3.63) is 48.1 Å². The Kier molecular flexibility index (Phi) is 4.20. The predicted octanol–water partition coefficient (Wildman–Crippen LogP) is 2.72. The lowest BCUT2D eigenvalue weighted by Gasteiger charge is -2.10. The Hall–Kier alpha value is -2.77. The summed E-state index contributed by atoms with van der Waals surface area (Å²) in [7, 11) is 1.44. The molecule has 2 aromatic rings. The fourth-order valence-corrected chi connectivity index (χ4v) is 1.81. The number of hydrogen-bond acceptors (Lipinski definition) is 3. The van der Waals surface area contributed by atoms with Crippen molar-refractivity contribution in [3.63, 3.8) is 0 Å². The van der Waals surface area contributed by atoms with Gasteiger partial charge in [0.2, 0.25) is 0 Å². The van der Waals surface area contributed by atoms with E-state index in [0.717, 1.165) is 4.57 Å². The number of aromatic nitrogens is 1. The van der Waals surface area contributed by atoms with Crippen molar-refractivity contribution in [3.8, 4) is 16.9 Å². The SMILES string of the molecule is CNC(=O)n1cc(-c2ccc(OC(F)(F)F)cc2)ccc1=N. The van der Waals surface area contributed by atoms with E-state index in [4.69, 9.17) is 5.41 Å². The molecular weight excluding hydrogens is 299 g/mol. The number of rotatable bonds is 2. The van der Waals surface area contributed by atoms with E-state index in [-0.39, 0.29) is 11.2 Å². The van der Waals surface area contributed by atoms with Crippen molar-refractivity contribution in [1.29, 1.82) is 5.41 Å². The second kappa shape index (κ2) is 5.92. The molecule has 0 fully saturated rings. The van der Waals surface area contributed by atoms with E-state index in [1.165, 1.54) is 43.6 Å². The molecule has 0 spiro atoms. The standard InChI is InChI=1S/C14H12F3N3O2/c1-19-13(21)20-8-10(4-7-12(20)18)9-2-5-11(6-3-9)22-14(15,16)17/h2-8,18H,1H3,(H,19,21). The van der Waals surface area contributed by atoms with Gasteiger partial charge in [0.25, 0.3) is 0 Å². The van der Waals surface area contributed by atoms with Crippen LogP contribution in [0.5, 0.6) is 5.75 Å². The first kappa shape index (κ1) is 15.6. The van der Waals surface area contributed by atoms with Gasteiger partial charge >= 0.3 is 12.4 Å². The molecule has 0 saturated heterocycles. The number of nitrogens with zero attached hydrogens (tertiary/aromatic N) is 1. The molecule has 0 saturated carbocycles. The van der Waals surface area contributed by atoms with Crippen molar-refractivity contribution < 1.29 is 22.7 Å². The van der Waals surface area contributed by atoms with Crippen LogP contribution in [-0.4, -0.2) is 24.0 Å². The largest absolute Gasteiger partial charge is 0.573 e. The van der Waals surface area contributed by atoms with Crippen molar-refractivity contribution in [2.24, 2.45) is 0 Å². The summed E-state index contributed by atoms with van der Waals surface area (Å²) in [6.45, 7) is 0. The lowest BCUT2D eigenvalue weighted by molar-refractivity contribution is -0.274. The number of carbonyl (C=O) groups excluding carboxylic acids is 1.